The Balaban J connectivity index is 1.47. The highest BCUT2D eigenvalue weighted by atomic mass is 16.5. The summed E-state index contributed by atoms with van der Waals surface area (Å²) in [7, 11) is 1.37. The molecule has 0 radical (unpaired) electrons. The van der Waals surface area contributed by atoms with Crippen molar-refractivity contribution in [1.82, 2.24) is 21.5 Å². The molecule has 0 aliphatic heterocycles. The number of aromatic hydroxyl groups is 2. The molecule has 2 aliphatic rings. The number of ketones is 2. The van der Waals surface area contributed by atoms with Crippen molar-refractivity contribution in [2.75, 3.05) is 20.2 Å². The Bertz CT molecular complexity index is 1340. The van der Waals surface area contributed by atoms with E-state index in [-0.39, 0.29) is 71.2 Å². The summed E-state index contributed by atoms with van der Waals surface area (Å²) in [6.07, 6.45) is 1.06. The Morgan fingerprint density at radius 3 is 2.50 bits per heavy atom. The molecule has 2 aromatic rings. The van der Waals surface area contributed by atoms with Crippen LogP contribution < -0.4 is 26.2 Å². The fraction of sp³-hybridized carbons (Fsp3) is 0.346. The number of carbonyl (C=O) groups excluding carboxylic acids is 5. The predicted molar refractivity (Wildman–Crippen MR) is 133 cm³/mol. The average molecular weight is 525 g/mol. The molecule has 0 bridgehead atoms. The lowest BCUT2D eigenvalue weighted by atomic mass is 9.75. The van der Waals surface area contributed by atoms with E-state index in [0.717, 1.165) is 0 Å². The molecule has 2 aromatic carbocycles. The lowest BCUT2D eigenvalue weighted by molar-refractivity contribution is -0.125. The van der Waals surface area contributed by atoms with Gasteiger partial charge in [-0.25, -0.2) is 5.43 Å². The fourth-order valence-corrected chi connectivity index (χ4v) is 4.86. The van der Waals surface area contributed by atoms with Gasteiger partial charge in [0.15, 0.2) is 5.78 Å². The van der Waals surface area contributed by atoms with Gasteiger partial charge in [-0.2, -0.15) is 0 Å². The van der Waals surface area contributed by atoms with Crippen LogP contribution in [0.3, 0.4) is 0 Å². The monoisotopic (exact) mass is 524 g/mol. The normalized spacial score (nSPS) is 16.4. The largest absolute Gasteiger partial charge is 0.507 e. The fourth-order valence-electron chi connectivity index (χ4n) is 4.86. The maximum Gasteiger partial charge on any atom is 0.256 e. The van der Waals surface area contributed by atoms with E-state index in [4.69, 9.17) is 4.74 Å². The lowest BCUT2D eigenvalue weighted by Crippen LogP contribution is -2.49. The number of nitrogens with one attached hydrogen (secondary N) is 4. The van der Waals surface area contributed by atoms with Crippen molar-refractivity contribution in [1.29, 1.82) is 0 Å². The van der Waals surface area contributed by atoms with Crippen LogP contribution in [0.4, 0.5) is 0 Å². The number of methoxy groups -OCH3 is 1. The zero-order valence-electron chi connectivity index (χ0n) is 20.8. The van der Waals surface area contributed by atoms with Gasteiger partial charge in [-0.05, 0) is 32.3 Å². The molecule has 2 unspecified atom stereocenters. The molecule has 0 fully saturated rings. The molecule has 0 saturated heterocycles. The van der Waals surface area contributed by atoms with Crippen molar-refractivity contribution >= 4 is 29.8 Å². The smallest absolute Gasteiger partial charge is 0.256 e. The molecule has 12 nitrogen and oxygen atoms in total. The minimum atomic E-state index is -0.718. The summed E-state index contributed by atoms with van der Waals surface area (Å²) in [5.41, 5.74) is 5.25. The Kier molecular flexibility index (Phi) is 7.62. The molecular weight excluding hydrogens is 496 g/mol. The van der Waals surface area contributed by atoms with Gasteiger partial charge in [0.05, 0.1) is 23.8 Å². The van der Waals surface area contributed by atoms with E-state index in [1.165, 1.54) is 20.1 Å². The predicted octanol–water partition coefficient (Wildman–Crippen LogP) is -0.142. The molecular formula is C26H28N4O8. The van der Waals surface area contributed by atoms with Gasteiger partial charge < -0.3 is 25.6 Å². The number of amides is 3. The molecule has 0 heterocycles. The quantitative estimate of drug-likeness (QED) is 0.0960. The van der Waals surface area contributed by atoms with Crippen LogP contribution in [0.15, 0.2) is 18.2 Å². The summed E-state index contributed by atoms with van der Waals surface area (Å²) < 4.78 is 5.25. The van der Waals surface area contributed by atoms with E-state index >= 15 is 0 Å². The van der Waals surface area contributed by atoms with E-state index in [1.807, 2.05) is 0 Å². The molecule has 38 heavy (non-hydrogen) atoms. The average Bonchev–Trinajstić information content (AvgIpc) is 2.92. The van der Waals surface area contributed by atoms with Crippen LogP contribution in [0.2, 0.25) is 0 Å². The summed E-state index contributed by atoms with van der Waals surface area (Å²) in [5.74, 6) is -3.08. The standard InChI is InChI=1S/C26H28N4O8/c1-12(28-11-31)25(36)30-29-9-8-27-26(37)13-6-7-14-16(10-13)23(34)19-20(21(14)32)24(35)18-15(22(19)33)4-3-5-17(18)38-2/h3-5,11-13,29,32,34H,6-10H2,1-2H3,(H,27,37)(H,28,31)(H,30,36). The zero-order valence-corrected chi connectivity index (χ0v) is 20.8. The molecule has 2 atom stereocenters. The topological polar surface area (TPSA) is 183 Å². The van der Waals surface area contributed by atoms with Gasteiger partial charge in [0, 0.05) is 35.7 Å². The van der Waals surface area contributed by atoms with E-state index in [0.29, 0.717) is 18.4 Å². The number of phenols is 2. The highest BCUT2D eigenvalue weighted by Gasteiger charge is 2.41. The Morgan fingerprint density at radius 1 is 1.08 bits per heavy atom. The second kappa shape index (κ2) is 10.9. The van der Waals surface area contributed by atoms with E-state index < -0.39 is 35.2 Å². The highest BCUT2D eigenvalue weighted by molar-refractivity contribution is 6.31. The molecule has 2 aliphatic carbocycles. The first-order valence-electron chi connectivity index (χ1n) is 12.1. The number of hydrazine groups is 1. The number of phenolic OH excluding ortho intramolecular Hbond substituents is 2. The number of benzene rings is 2. The molecule has 3 amide bonds. The summed E-state index contributed by atoms with van der Waals surface area (Å²) in [6.45, 7) is 1.91. The Hall–Kier alpha value is -4.45. The molecule has 200 valence electrons. The van der Waals surface area contributed by atoms with Crippen LogP contribution in [0.25, 0.3) is 0 Å². The molecule has 6 N–H and O–H groups in total. The van der Waals surface area contributed by atoms with Crippen LogP contribution in [-0.4, -0.2) is 66.2 Å². The first-order valence-corrected chi connectivity index (χ1v) is 12.1. The van der Waals surface area contributed by atoms with Crippen molar-refractivity contribution in [2.24, 2.45) is 5.92 Å². The summed E-state index contributed by atoms with van der Waals surface area (Å²) >= 11 is 0. The molecule has 0 spiro atoms. The molecule has 12 heteroatoms. The van der Waals surface area contributed by atoms with Gasteiger partial charge in [-0.15, -0.1) is 0 Å². The third-order valence-electron chi connectivity index (χ3n) is 6.87. The van der Waals surface area contributed by atoms with Crippen LogP contribution in [0.5, 0.6) is 17.2 Å². The number of carbonyl (C=O) groups is 5. The van der Waals surface area contributed by atoms with Gasteiger partial charge in [-0.3, -0.25) is 29.4 Å². The summed E-state index contributed by atoms with van der Waals surface area (Å²) in [5, 5.41) is 27.2. The first kappa shape index (κ1) is 26.6. The second-order valence-corrected chi connectivity index (χ2v) is 9.10. The number of ether oxygens (including phenoxy) is 1. The zero-order chi connectivity index (χ0) is 27.6. The van der Waals surface area contributed by atoms with Gasteiger partial charge in [0.2, 0.25) is 18.1 Å². The summed E-state index contributed by atoms with van der Waals surface area (Å²) in [4.78, 5) is 61.5. The van der Waals surface area contributed by atoms with Gasteiger partial charge >= 0.3 is 0 Å². The lowest BCUT2D eigenvalue weighted by Gasteiger charge is -2.29. The third kappa shape index (κ3) is 4.65. The molecule has 4 rings (SSSR count). The maximum atomic E-state index is 13.3. The molecule has 0 saturated carbocycles. The van der Waals surface area contributed by atoms with E-state index in [2.05, 4.69) is 21.5 Å². The van der Waals surface area contributed by atoms with Crippen LogP contribution in [-0.2, 0) is 27.2 Å². The maximum absolute atomic E-state index is 13.3. The SMILES string of the molecule is COc1cccc2c1C(=O)c1c(O)c3c(c(O)c1C2=O)CC(C(=O)NCCNNC(=O)C(C)NC=O)CC3. The number of hydrogen-bond acceptors (Lipinski definition) is 9. The second-order valence-electron chi connectivity index (χ2n) is 9.10. The van der Waals surface area contributed by atoms with Crippen molar-refractivity contribution in [3.63, 3.8) is 0 Å². The van der Waals surface area contributed by atoms with Gasteiger partial charge in [0.1, 0.15) is 23.3 Å². The van der Waals surface area contributed by atoms with Crippen LogP contribution in [0, 0.1) is 5.92 Å². The first-order chi connectivity index (χ1) is 18.2. The minimum absolute atomic E-state index is 0.0365. The number of hydrogen-bond donors (Lipinski definition) is 6. The van der Waals surface area contributed by atoms with E-state index in [9.17, 15) is 34.2 Å². The minimum Gasteiger partial charge on any atom is -0.507 e. The molecule has 0 aromatic heterocycles. The Labute approximate surface area is 217 Å². The van der Waals surface area contributed by atoms with Gasteiger partial charge in [0.25, 0.3) is 5.91 Å². The summed E-state index contributed by atoms with van der Waals surface area (Å²) in [6, 6.07) is 3.85. The van der Waals surface area contributed by atoms with Crippen molar-refractivity contribution in [2.45, 2.75) is 32.2 Å². The number of rotatable bonds is 9. The van der Waals surface area contributed by atoms with Crippen LogP contribution >= 0.6 is 0 Å². The van der Waals surface area contributed by atoms with Crippen LogP contribution in [0.1, 0.15) is 56.3 Å². The van der Waals surface area contributed by atoms with Gasteiger partial charge in [-0.1, -0.05) is 12.1 Å². The highest BCUT2D eigenvalue weighted by Crippen LogP contribution is 2.47. The van der Waals surface area contributed by atoms with Crippen molar-refractivity contribution in [3.05, 3.63) is 51.6 Å². The third-order valence-corrected chi connectivity index (χ3v) is 6.87. The van der Waals surface area contributed by atoms with E-state index in [1.54, 1.807) is 12.1 Å². The van der Waals surface area contributed by atoms with Crippen molar-refractivity contribution < 1.29 is 38.9 Å². The number of fused-ring (bicyclic) bond motifs is 3. The Morgan fingerprint density at radius 2 is 1.79 bits per heavy atom. The van der Waals surface area contributed by atoms with Crippen molar-refractivity contribution in [3.8, 4) is 17.2 Å².